The fourth-order valence-electron chi connectivity index (χ4n) is 3.43. The molecule has 0 saturated heterocycles. The Labute approximate surface area is 148 Å². The van der Waals surface area contributed by atoms with Crippen molar-refractivity contribution in [3.05, 3.63) is 23.5 Å². The molecule has 1 aliphatic rings. The predicted molar refractivity (Wildman–Crippen MR) is 88.3 cm³/mol. The molecule has 0 unspecified atom stereocenters. The lowest BCUT2D eigenvalue weighted by Crippen LogP contribution is -2.56. The molecule has 0 atom stereocenters. The lowest BCUT2D eigenvalue weighted by atomic mass is 9.70. The number of aromatic nitrogens is 3. The third-order valence-electron chi connectivity index (χ3n) is 4.77. The molecule has 1 amide bonds. The van der Waals surface area contributed by atoms with Gasteiger partial charge in [0.25, 0.3) is 5.91 Å². The van der Waals surface area contributed by atoms with Crippen molar-refractivity contribution in [1.82, 2.24) is 14.8 Å². The van der Waals surface area contributed by atoms with Gasteiger partial charge in [-0.1, -0.05) is 13.8 Å². The van der Waals surface area contributed by atoms with E-state index in [-0.39, 0.29) is 31.2 Å². The van der Waals surface area contributed by atoms with Crippen molar-refractivity contribution < 1.29 is 23.1 Å². The summed E-state index contributed by atoms with van der Waals surface area (Å²) in [6.07, 6.45) is -3.25. The molecule has 1 aliphatic carbocycles. The van der Waals surface area contributed by atoms with Crippen LogP contribution in [0.1, 0.15) is 42.7 Å². The zero-order valence-corrected chi connectivity index (χ0v) is 14.5. The molecule has 2 heterocycles. The fraction of sp³-hybridized carbons (Fsp3) is 0.588. The van der Waals surface area contributed by atoms with Crippen molar-refractivity contribution in [2.24, 2.45) is 17.6 Å². The van der Waals surface area contributed by atoms with E-state index in [1.807, 2.05) is 13.8 Å². The zero-order valence-electron chi connectivity index (χ0n) is 14.5. The van der Waals surface area contributed by atoms with Gasteiger partial charge in [0.15, 0.2) is 11.2 Å². The average Bonchev–Trinajstić information content (AvgIpc) is 2.85. The van der Waals surface area contributed by atoms with E-state index in [9.17, 15) is 23.1 Å². The highest BCUT2D eigenvalue weighted by Crippen LogP contribution is 2.49. The van der Waals surface area contributed by atoms with E-state index < -0.39 is 17.7 Å². The number of pyridine rings is 1. The highest BCUT2D eigenvalue weighted by atomic mass is 19.4. The van der Waals surface area contributed by atoms with Crippen molar-refractivity contribution in [2.45, 2.75) is 51.4 Å². The van der Waals surface area contributed by atoms with Crippen LogP contribution in [0.5, 0.6) is 0 Å². The van der Waals surface area contributed by atoms with Crippen molar-refractivity contribution >= 4 is 16.9 Å². The van der Waals surface area contributed by atoms with E-state index in [0.29, 0.717) is 28.7 Å². The number of alkyl halides is 3. The van der Waals surface area contributed by atoms with Crippen LogP contribution in [0.15, 0.2) is 12.3 Å². The lowest BCUT2D eigenvalue weighted by molar-refractivity contribution is -0.299. The normalized spacial score (nSPS) is 23.4. The van der Waals surface area contributed by atoms with Crippen molar-refractivity contribution in [3.8, 4) is 0 Å². The molecule has 3 N–H and O–H groups in total. The Balaban J connectivity index is 1.86. The number of nitrogens with two attached hydrogens (primary N) is 1. The number of carbonyl (C=O) groups is 1. The van der Waals surface area contributed by atoms with Crippen LogP contribution in [0.25, 0.3) is 11.0 Å². The van der Waals surface area contributed by atoms with E-state index >= 15 is 0 Å². The molecule has 0 aliphatic heterocycles. The van der Waals surface area contributed by atoms with Crippen molar-refractivity contribution in [1.29, 1.82) is 0 Å². The highest BCUT2D eigenvalue weighted by molar-refractivity contribution is 5.97. The van der Waals surface area contributed by atoms with Crippen LogP contribution in [0.4, 0.5) is 13.2 Å². The molecule has 1 saturated carbocycles. The minimum absolute atomic E-state index is 0.228. The van der Waals surface area contributed by atoms with Gasteiger partial charge in [-0.3, -0.25) is 4.79 Å². The Kier molecular flexibility index (Phi) is 4.46. The molecular weight excluding hydrogens is 349 g/mol. The van der Waals surface area contributed by atoms with Gasteiger partial charge in [-0.25, -0.2) is 9.67 Å². The standard InChI is InChI=1S/C17H21F3N4O2/c1-9(2)3-13-12(14(21)25)4-11-7-22-24(15(11)23-13)8-10-5-16(26,6-10)17(18,19)20/h4,7,9-10,26H,3,5-6,8H2,1-2H3,(H2,21,25). The molecule has 0 aromatic carbocycles. The first kappa shape index (κ1) is 18.6. The van der Waals surface area contributed by atoms with Gasteiger partial charge in [-0.05, 0) is 37.2 Å². The molecule has 0 spiro atoms. The fourth-order valence-corrected chi connectivity index (χ4v) is 3.43. The molecule has 0 radical (unpaired) electrons. The van der Waals surface area contributed by atoms with Crippen LogP contribution in [0, 0.1) is 11.8 Å². The van der Waals surface area contributed by atoms with Gasteiger partial charge in [0, 0.05) is 11.9 Å². The third-order valence-corrected chi connectivity index (χ3v) is 4.77. The van der Waals surface area contributed by atoms with Crippen molar-refractivity contribution in [2.75, 3.05) is 0 Å². The first-order chi connectivity index (χ1) is 12.0. The smallest absolute Gasteiger partial charge is 0.380 e. The Morgan fingerprint density at radius 2 is 2.12 bits per heavy atom. The van der Waals surface area contributed by atoms with Crippen molar-refractivity contribution in [3.63, 3.8) is 0 Å². The number of hydrogen-bond donors (Lipinski definition) is 2. The van der Waals surface area contributed by atoms with Gasteiger partial charge in [0.2, 0.25) is 0 Å². The molecule has 0 bridgehead atoms. The number of aliphatic hydroxyl groups is 1. The molecule has 26 heavy (non-hydrogen) atoms. The largest absolute Gasteiger partial charge is 0.417 e. The molecule has 9 heteroatoms. The third kappa shape index (κ3) is 3.27. The maximum atomic E-state index is 12.8. The van der Waals surface area contributed by atoms with E-state index in [2.05, 4.69) is 10.1 Å². The average molecular weight is 370 g/mol. The molecule has 1 fully saturated rings. The lowest BCUT2D eigenvalue weighted by Gasteiger charge is -2.44. The van der Waals surface area contributed by atoms with Crippen LogP contribution < -0.4 is 5.73 Å². The topological polar surface area (TPSA) is 94.0 Å². The maximum Gasteiger partial charge on any atom is 0.417 e. The summed E-state index contributed by atoms with van der Waals surface area (Å²) in [7, 11) is 0. The van der Waals surface area contributed by atoms with Crippen LogP contribution in [0.2, 0.25) is 0 Å². The quantitative estimate of drug-likeness (QED) is 0.845. The first-order valence-corrected chi connectivity index (χ1v) is 8.44. The SMILES string of the molecule is CC(C)Cc1nc2c(cnn2CC2CC(O)(C(F)(F)F)C2)cc1C(N)=O. The van der Waals surface area contributed by atoms with Crippen LogP contribution in [-0.4, -0.2) is 37.6 Å². The number of amides is 1. The summed E-state index contributed by atoms with van der Waals surface area (Å²) in [6, 6.07) is 1.62. The molecule has 3 rings (SSSR count). The summed E-state index contributed by atoms with van der Waals surface area (Å²) in [4.78, 5) is 16.2. The zero-order chi connectivity index (χ0) is 19.3. The molecule has 142 valence electrons. The van der Waals surface area contributed by atoms with Gasteiger partial charge < -0.3 is 10.8 Å². The minimum Gasteiger partial charge on any atom is -0.380 e. The molecule has 2 aromatic rings. The van der Waals surface area contributed by atoms with Crippen LogP contribution >= 0.6 is 0 Å². The van der Waals surface area contributed by atoms with Crippen LogP contribution in [-0.2, 0) is 13.0 Å². The molecular formula is C17H21F3N4O2. The number of nitrogens with zero attached hydrogens (tertiary/aromatic N) is 3. The molecule has 6 nitrogen and oxygen atoms in total. The van der Waals surface area contributed by atoms with Gasteiger partial charge >= 0.3 is 6.18 Å². The summed E-state index contributed by atoms with van der Waals surface area (Å²) < 4.78 is 39.8. The number of fused-ring (bicyclic) bond motifs is 1. The van der Waals surface area contributed by atoms with Gasteiger partial charge in [0.05, 0.1) is 17.5 Å². The summed E-state index contributed by atoms with van der Waals surface area (Å²) in [6.45, 7) is 4.20. The summed E-state index contributed by atoms with van der Waals surface area (Å²) in [5, 5.41) is 14.4. The molecule has 2 aromatic heterocycles. The van der Waals surface area contributed by atoms with E-state index in [1.54, 1.807) is 6.07 Å². The Bertz CT molecular complexity index is 838. The van der Waals surface area contributed by atoms with Gasteiger partial charge in [0.1, 0.15) is 0 Å². The number of primary amides is 1. The second-order valence-electron chi connectivity index (χ2n) is 7.49. The van der Waals surface area contributed by atoms with Crippen LogP contribution in [0.3, 0.4) is 0 Å². The first-order valence-electron chi connectivity index (χ1n) is 8.44. The minimum atomic E-state index is -4.62. The highest BCUT2D eigenvalue weighted by Gasteiger charge is 2.61. The summed E-state index contributed by atoms with van der Waals surface area (Å²) >= 11 is 0. The maximum absolute atomic E-state index is 12.8. The predicted octanol–water partition coefficient (Wildman–Crippen LogP) is 2.43. The van der Waals surface area contributed by atoms with Gasteiger partial charge in [-0.15, -0.1) is 0 Å². The van der Waals surface area contributed by atoms with E-state index in [0.717, 1.165) is 0 Å². The van der Waals surface area contributed by atoms with Gasteiger partial charge in [-0.2, -0.15) is 18.3 Å². The number of rotatable bonds is 5. The van der Waals surface area contributed by atoms with E-state index in [1.165, 1.54) is 10.9 Å². The Hall–Kier alpha value is -2.16. The second-order valence-corrected chi connectivity index (χ2v) is 7.49. The number of carbonyl (C=O) groups excluding carboxylic acids is 1. The summed E-state index contributed by atoms with van der Waals surface area (Å²) in [5.41, 5.74) is 4.23. The number of halogens is 3. The number of hydrogen-bond acceptors (Lipinski definition) is 4. The summed E-state index contributed by atoms with van der Waals surface area (Å²) in [5.74, 6) is -0.657. The Morgan fingerprint density at radius 3 is 2.65 bits per heavy atom. The Morgan fingerprint density at radius 1 is 1.46 bits per heavy atom. The van der Waals surface area contributed by atoms with E-state index in [4.69, 9.17) is 5.73 Å². The monoisotopic (exact) mass is 370 g/mol. The second kappa shape index (κ2) is 6.22.